The first-order valence-electron chi connectivity index (χ1n) is 7.09. The van der Waals surface area contributed by atoms with Crippen LogP contribution >= 0.6 is 23.2 Å². The number of hydrogen-bond acceptors (Lipinski definition) is 4. The van der Waals surface area contributed by atoms with Gasteiger partial charge >= 0.3 is 0 Å². The van der Waals surface area contributed by atoms with E-state index in [4.69, 9.17) is 36.8 Å². The quantitative estimate of drug-likeness (QED) is 0.696. The number of halogens is 2. The molecule has 0 saturated carbocycles. The van der Waals surface area contributed by atoms with Crippen LogP contribution in [0.2, 0.25) is 10.0 Å². The fraction of sp³-hybridized carbons (Fsp3) is 0.118. The smallest absolute Gasteiger partial charge is 0.258 e. The summed E-state index contributed by atoms with van der Waals surface area (Å²) in [4.78, 5) is 11.8. The summed E-state index contributed by atoms with van der Waals surface area (Å²) in [6.45, 7) is 0.0877. The van der Waals surface area contributed by atoms with E-state index in [1.807, 2.05) is 0 Å². The molecule has 0 aliphatic carbocycles. The molecule has 24 heavy (non-hydrogen) atoms. The van der Waals surface area contributed by atoms with Crippen LogP contribution in [0.3, 0.4) is 0 Å². The van der Waals surface area contributed by atoms with Gasteiger partial charge in [0.2, 0.25) is 0 Å². The summed E-state index contributed by atoms with van der Waals surface area (Å²) in [6, 6.07) is 11.9. The molecule has 1 aromatic carbocycles. The summed E-state index contributed by atoms with van der Waals surface area (Å²) in [5.41, 5.74) is 0. The Labute approximate surface area is 148 Å². The molecular weight excluding hydrogens is 353 g/mol. The van der Waals surface area contributed by atoms with Crippen LogP contribution in [-0.2, 0) is 11.3 Å². The first-order valence-corrected chi connectivity index (χ1v) is 7.84. The molecule has 3 aromatic rings. The van der Waals surface area contributed by atoms with Gasteiger partial charge in [-0.2, -0.15) is 0 Å². The zero-order valence-corrected chi connectivity index (χ0v) is 13.9. The first kappa shape index (κ1) is 16.5. The summed E-state index contributed by atoms with van der Waals surface area (Å²) >= 11 is 11.8. The second-order valence-electron chi connectivity index (χ2n) is 4.88. The van der Waals surface area contributed by atoms with Gasteiger partial charge in [0.05, 0.1) is 17.8 Å². The normalized spacial score (nSPS) is 10.6. The van der Waals surface area contributed by atoms with Gasteiger partial charge in [-0.25, -0.2) is 0 Å². The average Bonchev–Trinajstić information content (AvgIpc) is 3.23. The SMILES string of the molecule is O=C(COc1ccc(Cl)cc1Cl)NCc1ccc(-c2ccco2)o1. The Morgan fingerprint density at radius 3 is 2.75 bits per heavy atom. The van der Waals surface area contributed by atoms with Crippen LogP contribution in [0.5, 0.6) is 5.75 Å². The van der Waals surface area contributed by atoms with E-state index in [1.165, 1.54) is 0 Å². The number of amides is 1. The molecule has 0 atom stereocenters. The van der Waals surface area contributed by atoms with Crippen molar-refractivity contribution in [3.63, 3.8) is 0 Å². The van der Waals surface area contributed by atoms with Crippen LogP contribution in [0, 0.1) is 0 Å². The minimum Gasteiger partial charge on any atom is -0.482 e. The van der Waals surface area contributed by atoms with E-state index in [-0.39, 0.29) is 19.1 Å². The third-order valence-electron chi connectivity index (χ3n) is 3.14. The number of benzene rings is 1. The van der Waals surface area contributed by atoms with E-state index in [9.17, 15) is 4.79 Å². The Bertz CT molecular complexity index is 827. The zero-order valence-electron chi connectivity index (χ0n) is 12.4. The van der Waals surface area contributed by atoms with Crippen molar-refractivity contribution >= 4 is 29.1 Å². The topological polar surface area (TPSA) is 64.6 Å². The van der Waals surface area contributed by atoms with Crippen molar-refractivity contribution in [1.29, 1.82) is 0 Å². The zero-order chi connectivity index (χ0) is 16.9. The highest BCUT2D eigenvalue weighted by molar-refractivity contribution is 6.35. The number of hydrogen-bond donors (Lipinski definition) is 1. The third-order valence-corrected chi connectivity index (χ3v) is 3.67. The molecule has 1 N–H and O–H groups in total. The summed E-state index contributed by atoms with van der Waals surface area (Å²) in [7, 11) is 0. The van der Waals surface area contributed by atoms with Crippen molar-refractivity contribution in [2.24, 2.45) is 0 Å². The predicted molar refractivity (Wildman–Crippen MR) is 90.2 cm³/mol. The second kappa shape index (κ2) is 7.47. The van der Waals surface area contributed by atoms with E-state index in [1.54, 1.807) is 48.7 Å². The van der Waals surface area contributed by atoms with E-state index in [2.05, 4.69) is 5.32 Å². The summed E-state index contributed by atoms with van der Waals surface area (Å²) in [6.07, 6.45) is 1.57. The molecule has 0 bridgehead atoms. The standard InChI is InChI=1S/C17H13Cl2NO4/c18-11-3-5-14(13(19)8-11)23-10-17(21)20-9-12-4-6-16(24-12)15-2-1-7-22-15/h1-8H,9-10H2,(H,20,21). The Morgan fingerprint density at radius 2 is 2.00 bits per heavy atom. The highest BCUT2D eigenvalue weighted by atomic mass is 35.5. The highest BCUT2D eigenvalue weighted by Gasteiger charge is 2.10. The van der Waals surface area contributed by atoms with Gasteiger partial charge in [0, 0.05) is 5.02 Å². The average molecular weight is 366 g/mol. The summed E-state index contributed by atoms with van der Waals surface area (Å²) in [5.74, 6) is 1.95. The third kappa shape index (κ3) is 4.13. The molecule has 0 unspecified atom stereocenters. The largest absolute Gasteiger partial charge is 0.482 e. The molecule has 0 aliphatic rings. The Hall–Kier alpha value is -2.37. The van der Waals surface area contributed by atoms with Crippen molar-refractivity contribution in [2.45, 2.75) is 6.54 Å². The maximum atomic E-state index is 11.8. The van der Waals surface area contributed by atoms with Crippen molar-refractivity contribution in [1.82, 2.24) is 5.32 Å². The van der Waals surface area contributed by atoms with Gasteiger partial charge in [-0.05, 0) is 42.5 Å². The lowest BCUT2D eigenvalue weighted by Gasteiger charge is -2.08. The van der Waals surface area contributed by atoms with Gasteiger partial charge in [0.1, 0.15) is 11.5 Å². The number of rotatable bonds is 6. The van der Waals surface area contributed by atoms with Gasteiger partial charge < -0.3 is 18.9 Å². The van der Waals surface area contributed by atoms with Crippen LogP contribution < -0.4 is 10.1 Å². The van der Waals surface area contributed by atoms with Gasteiger partial charge in [0.25, 0.3) is 5.91 Å². The molecule has 3 rings (SSSR count). The number of carbonyl (C=O) groups is 1. The number of nitrogens with one attached hydrogen (secondary N) is 1. The Kier molecular flexibility index (Phi) is 5.13. The second-order valence-corrected chi connectivity index (χ2v) is 5.73. The Morgan fingerprint density at radius 1 is 1.12 bits per heavy atom. The number of ether oxygens (including phenoxy) is 1. The maximum Gasteiger partial charge on any atom is 0.258 e. The lowest BCUT2D eigenvalue weighted by molar-refractivity contribution is -0.123. The fourth-order valence-electron chi connectivity index (χ4n) is 2.00. The molecule has 124 valence electrons. The molecule has 1 amide bonds. The van der Waals surface area contributed by atoms with Crippen molar-refractivity contribution in [3.8, 4) is 17.3 Å². The van der Waals surface area contributed by atoms with E-state index >= 15 is 0 Å². The van der Waals surface area contributed by atoms with Gasteiger partial charge in [0.15, 0.2) is 18.1 Å². The van der Waals surface area contributed by atoms with Crippen LogP contribution in [0.15, 0.2) is 57.6 Å². The molecule has 0 aliphatic heterocycles. The molecule has 0 saturated heterocycles. The predicted octanol–water partition coefficient (Wildman–Crippen LogP) is 4.54. The van der Waals surface area contributed by atoms with E-state index < -0.39 is 0 Å². The minimum atomic E-state index is -0.294. The summed E-state index contributed by atoms with van der Waals surface area (Å²) in [5, 5.41) is 3.55. The molecule has 0 radical (unpaired) electrons. The van der Waals surface area contributed by atoms with Crippen molar-refractivity contribution in [3.05, 3.63) is 64.5 Å². The van der Waals surface area contributed by atoms with Gasteiger partial charge in [-0.3, -0.25) is 4.79 Å². The molecule has 5 nitrogen and oxygen atoms in total. The monoisotopic (exact) mass is 365 g/mol. The van der Waals surface area contributed by atoms with Crippen molar-refractivity contribution in [2.75, 3.05) is 6.61 Å². The minimum absolute atomic E-state index is 0.160. The lowest BCUT2D eigenvalue weighted by Crippen LogP contribution is -2.28. The molecule has 2 heterocycles. The molecular formula is C17H13Cl2NO4. The van der Waals surface area contributed by atoms with Crippen LogP contribution in [0.4, 0.5) is 0 Å². The van der Waals surface area contributed by atoms with E-state index in [0.29, 0.717) is 33.1 Å². The summed E-state index contributed by atoms with van der Waals surface area (Å²) < 4.78 is 16.2. The Balaban J connectivity index is 1.49. The fourth-order valence-corrected chi connectivity index (χ4v) is 2.46. The number of furan rings is 2. The molecule has 0 spiro atoms. The maximum absolute atomic E-state index is 11.8. The molecule has 2 aromatic heterocycles. The molecule has 0 fully saturated rings. The van der Waals surface area contributed by atoms with Crippen molar-refractivity contribution < 1.29 is 18.4 Å². The molecule has 7 heteroatoms. The van der Waals surface area contributed by atoms with Crippen LogP contribution in [0.25, 0.3) is 11.5 Å². The highest BCUT2D eigenvalue weighted by Crippen LogP contribution is 2.27. The lowest BCUT2D eigenvalue weighted by atomic mass is 10.3. The van der Waals surface area contributed by atoms with Gasteiger partial charge in [-0.1, -0.05) is 23.2 Å². The number of carbonyl (C=O) groups excluding carboxylic acids is 1. The van der Waals surface area contributed by atoms with Crippen LogP contribution in [-0.4, -0.2) is 12.5 Å². The van der Waals surface area contributed by atoms with Gasteiger partial charge in [-0.15, -0.1) is 0 Å². The first-order chi connectivity index (χ1) is 11.6. The van der Waals surface area contributed by atoms with E-state index in [0.717, 1.165) is 0 Å². The van der Waals surface area contributed by atoms with Crippen LogP contribution in [0.1, 0.15) is 5.76 Å².